The molecular formula is C19H22FNO3. The standard InChI is InChI=1S/C19H22FNO3/c1-3-23-19(22)12-17(21-2)15-9-10-18(16(20)11-15)24-13-14-7-5-4-6-8-14/h4-11,17,21H,3,12-13H2,1-2H3/t17-/m0/s1. The van der Waals surface area contributed by atoms with Crippen LogP contribution in [0.25, 0.3) is 0 Å². The van der Waals surface area contributed by atoms with Crippen LogP contribution in [0.5, 0.6) is 5.75 Å². The fourth-order valence-corrected chi connectivity index (χ4v) is 2.36. The Morgan fingerprint density at radius 1 is 1.21 bits per heavy atom. The zero-order valence-corrected chi connectivity index (χ0v) is 13.9. The number of rotatable bonds is 8. The molecule has 128 valence electrons. The van der Waals surface area contributed by atoms with Crippen LogP contribution in [0, 0.1) is 5.82 Å². The van der Waals surface area contributed by atoms with Crippen LogP contribution >= 0.6 is 0 Å². The minimum atomic E-state index is -0.451. The first-order valence-electron chi connectivity index (χ1n) is 7.93. The van der Waals surface area contributed by atoms with Crippen molar-refractivity contribution in [2.45, 2.75) is 26.0 Å². The van der Waals surface area contributed by atoms with Crippen LogP contribution in [0.1, 0.15) is 30.5 Å². The topological polar surface area (TPSA) is 47.6 Å². The minimum absolute atomic E-state index is 0.147. The van der Waals surface area contributed by atoms with Crippen molar-refractivity contribution >= 4 is 5.97 Å². The Kier molecular flexibility index (Phi) is 6.75. The number of hydrogen-bond donors (Lipinski definition) is 1. The highest BCUT2D eigenvalue weighted by Crippen LogP contribution is 2.24. The Labute approximate surface area is 141 Å². The van der Waals surface area contributed by atoms with Crippen molar-refractivity contribution < 1.29 is 18.7 Å². The van der Waals surface area contributed by atoms with E-state index < -0.39 is 5.82 Å². The summed E-state index contributed by atoms with van der Waals surface area (Å²) in [7, 11) is 1.72. The molecule has 2 rings (SSSR count). The van der Waals surface area contributed by atoms with Crippen LogP contribution in [-0.2, 0) is 16.1 Å². The van der Waals surface area contributed by atoms with Gasteiger partial charge in [0.1, 0.15) is 6.61 Å². The lowest BCUT2D eigenvalue weighted by Crippen LogP contribution is -2.21. The largest absolute Gasteiger partial charge is 0.486 e. The van der Waals surface area contributed by atoms with Crippen LogP contribution in [-0.4, -0.2) is 19.6 Å². The van der Waals surface area contributed by atoms with Crippen molar-refractivity contribution in [3.05, 3.63) is 65.5 Å². The highest BCUT2D eigenvalue weighted by Gasteiger charge is 2.17. The van der Waals surface area contributed by atoms with Gasteiger partial charge < -0.3 is 14.8 Å². The second kappa shape index (κ2) is 9.03. The van der Waals surface area contributed by atoms with E-state index in [4.69, 9.17) is 9.47 Å². The van der Waals surface area contributed by atoms with Crippen LogP contribution in [0.3, 0.4) is 0 Å². The summed E-state index contributed by atoms with van der Waals surface area (Å²) in [5.41, 5.74) is 1.64. The molecule has 0 aliphatic carbocycles. The average Bonchev–Trinajstić information content (AvgIpc) is 2.60. The third-order valence-corrected chi connectivity index (χ3v) is 3.62. The molecule has 2 aromatic rings. The Hall–Kier alpha value is -2.40. The van der Waals surface area contributed by atoms with Crippen LogP contribution in [0.4, 0.5) is 4.39 Å². The molecule has 2 aromatic carbocycles. The number of halogens is 1. The molecule has 1 N–H and O–H groups in total. The predicted octanol–water partition coefficient (Wildman–Crippen LogP) is 3.62. The molecule has 0 amide bonds. The summed E-state index contributed by atoms with van der Waals surface area (Å²) in [4.78, 5) is 11.6. The second-order valence-corrected chi connectivity index (χ2v) is 5.31. The Bertz CT molecular complexity index is 661. The molecule has 0 heterocycles. The second-order valence-electron chi connectivity index (χ2n) is 5.31. The number of nitrogens with one attached hydrogen (secondary N) is 1. The van der Waals surface area contributed by atoms with Gasteiger partial charge in [-0.3, -0.25) is 4.79 Å². The predicted molar refractivity (Wildman–Crippen MR) is 90.2 cm³/mol. The summed E-state index contributed by atoms with van der Waals surface area (Å²) in [6, 6.07) is 14.0. The molecule has 0 aliphatic rings. The van der Waals surface area contributed by atoms with Crippen LogP contribution in [0.2, 0.25) is 0 Å². The molecule has 4 nitrogen and oxygen atoms in total. The quantitative estimate of drug-likeness (QED) is 0.751. The number of esters is 1. The van der Waals surface area contributed by atoms with Crippen LogP contribution < -0.4 is 10.1 Å². The molecule has 24 heavy (non-hydrogen) atoms. The third kappa shape index (κ3) is 5.06. The average molecular weight is 331 g/mol. The molecule has 0 spiro atoms. The van der Waals surface area contributed by atoms with Gasteiger partial charge in [-0.2, -0.15) is 0 Å². The van der Waals surface area contributed by atoms with Gasteiger partial charge in [-0.05, 0) is 37.2 Å². The van der Waals surface area contributed by atoms with Gasteiger partial charge in [0, 0.05) is 6.04 Å². The molecule has 1 atom stereocenters. The highest BCUT2D eigenvalue weighted by atomic mass is 19.1. The van der Waals surface area contributed by atoms with Gasteiger partial charge in [0.2, 0.25) is 0 Å². The lowest BCUT2D eigenvalue weighted by Gasteiger charge is -2.17. The van der Waals surface area contributed by atoms with Crippen molar-refractivity contribution in [3.63, 3.8) is 0 Å². The SMILES string of the molecule is CCOC(=O)C[C@H](NC)c1ccc(OCc2ccccc2)c(F)c1. The fraction of sp³-hybridized carbons (Fsp3) is 0.316. The van der Waals surface area contributed by atoms with Gasteiger partial charge in [0.05, 0.1) is 13.0 Å². The van der Waals surface area contributed by atoms with E-state index in [-0.39, 0.29) is 24.2 Å². The normalized spacial score (nSPS) is 11.8. The zero-order valence-electron chi connectivity index (χ0n) is 13.9. The molecule has 0 saturated carbocycles. The maximum Gasteiger partial charge on any atom is 0.307 e. The van der Waals surface area contributed by atoms with Crippen molar-refractivity contribution in [2.75, 3.05) is 13.7 Å². The smallest absolute Gasteiger partial charge is 0.307 e. The summed E-state index contributed by atoms with van der Waals surface area (Å²) < 4.78 is 24.7. The van der Waals surface area contributed by atoms with E-state index in [0.717, 1.165) is 5.56 Å². The summed E-state index contributed by atoms with van der Waals surface area (Å²) in [5.74, 6) is -0.581. The van der Waals surface area contributed by atoms with E-state index in [2.05, 4.69) is 5.32 Å². The van der Waals surface area contributed by atoms with Crippen molar-refractivity contribution in [1.29, 1.82) is 0 Å². The van der Waals surface area contributed by atoms with Gasteiger partial charge in [0.25, 0.3) is 0 Å². The van der Waals surface area contributed by atoms with Crippen LogP contribution in [0.15, 0.2) is 48.5 Å². The molecule has 5 heteroatoms. The molecule has 0 bridgehead atoms. The molecule has 0 saturated heterocycles. The minimum Gasteiger partial charge on any atom is -0.486 e. The van der Waals surface area contributed by atoms with E-state index in [1.807, 2.05) is 30.3 Å². The first-order chi connectivity index (χ1) is 11.6. The van der Waals surface area contributed by atoms with Gasteiger partial charge >= 0.3 is 5.97 Å². The Morgan fingerprint density at radius 3 is 2.58 bits per heavy atom. The van der Waals surface area contributed by atoms with E-state index in [1.165, 1.54) is 6.07 Å². The third-order valence-electron chi connectivity index (χ3n) is 3.62. The molecule has 0 radical (unpaired) electrons. The van der Waals surface area contributed by atoms with E-state index in [9.17, 15) is 9.18 Å². The first kappa shape index (κ1) is 17.9. The Balaban J connectivity index is 2.03. The maximum atomic E-state index is 14.3. The summed E-state index contributed by atoms with van der Waals surface area (Å²) in [6.45, 7) is 2.39. The van der Waals surface area contributed by atoms with Crippen molar-refractivity contribution in [1.82, 2.24) is 5.32 Å². The molecule has 0 aromatic heterocycles. The van der Waals surface area contributed by atoms with Gasteiger partial charge in [-0.25, -0.2) is 4.39 Å². The maximum absolute atomic E-state index is 14.3. The molecular weight excluding hydrogens is 309 g/mol. The number of hydrogen-bond acceptors (Lipinski definition) is 4. The van der Waals surface area contributed by atoms with Crippen molar-refractivity contribution in [3.8, 4) is 5.75 Å². The monoisotopic (exact) mass is 331 g/mol. The Morgan fingerprint density at radius 2 is 1.96 bits per heavy atom. The fourth-order valence-electron chi connectivity index (χ4n) is 2.36. The lowest BCUT2D eigenvalue weighted by atomic mass is 10.0. The summed E-state index contributed by atoms with van der Waals surface area (Å²) in [6.07, 6.45) is 0.147. The molecule has 0 aliphatic heterocycles. The highest BCUT2D eigenvalue weighted by molar-refractivity contribution is 5.70. The molecule has 0 fully saturated rings. The molecule has 0 unspecified atom stereocenters. The summed E-state index contributed by atoms with van der Waals surface area (Å²) >= 11 is 0. The number of ether oxygens (including phenoxy) is 2. The van der Waals surface area contributed by atoms with Gasteiger partial charge in [-0.15, -0.1) is 0 Å². The first-order valence-corrected chi connectivity index (χ1v) is 7.93. The van der Waals surface area contributed by atoms with Gasteiger partial charge in [-0.1, -0.05) is 36.4 Å². The number of carbonyl (C=O) groups is 1. The van der Waals surface area contributed by atoms with Crippen molar-refractivity contribution in [2.24, 2.45) is 0 Å². The van der Waals surface area contributed by atoms with Gasteiger partial charge in [0.15, 0.2) is 11.6 Å². The zero-order chi connectivity index (χ0) is 17.4. The lowest BCUT2D eigenvalue weighted by molar-refractivity contribution is -0.143. The number of carbonyl (C=O) groups excluding carboxylic acids is 1. The van der Waals surface area contributed by atoms with E-state index >= 15 is 0 Å². The number of benzene rings is 2. The van der Waals surface area contributed by atoms with E-state index in [1.54, 1.807) is 26.1 Å². The van der Waals surface area contributed by atoms with E-state index in [0.29, 0.717) is 18.8 Å². The summed E-state index contributed by atoms with van der Waals surface area (Å²) in [5, 5.41) is 3.00.